The molecule has 0 fully saturated rings. The van der Waals surface area contributed by atoms with E-state index in [-0.39, 0.29) is 12.5 Å². The Morgan fingerprint density at radius 3 is 2.62 bits per heavy atom. The number of hydrogen-bond acceptors (Lipinski definition) is 2. The molecule has 0 saturated carbocycles. The first kappa shape index (κ1) is 15.1. The fourth-order valence-electron chi connectivity index (χ4n) is 1.95. The monoisotopic (exact) mass is 297 g/mol. The number of rotatable bonds is 3. The van der Waals surface area contributed by atoms with Gasteiger partial charge in [0.05, 0.1) is 11.3 Å². The summed E-state index contributed by atoms with van der Waals surface area (Å²) in [6.07, 6.45) is -4.39. The molecule has 112 valence electrons. The van der Waals surface area contributed by atoms with Crippen molar-refractivity contribution in [2.45, 2.75) is 19.6 Å². The number of amides is 1. The summed E-state index contributed by atoms with van der Waals surface area (Å²) < 4.78 is 39.2. The molecule has 21 heavy (non-hydrogen) atoms. The van der Waals surface area contributed by atoms with Crippen molar-refractivity contribution < 1.29 is 18.0 Å². The van der Waals surface area contributed by atoms with Crippen LogP contribution in [0.5, 0.6) is 0 Å². The minimum absolute atomic E-state index is 0.0208. The number of nitrogens with one attached hydrogen (secondary N) is 1. The molecule has 1 N–H and O–H groups in total. The Labute approximate surface area is 119 Å². The van der Waals surface area contributed by atoms with Crippen LogP contribution in [-0.4, -0.2) is 15.7 Å². The number of aromatic nitrogens is 2. The molecule has 0 aliphatic rings. The van der Waals surface area contributed by atoms with Gasteiger partial charge in [0, 0.05) is 13.6 Å². The minimum atomic E-state index is -4.39. The van der Waals surface area contributed by atoms with Crippen LogP contribution in [0.15, 0.2) is 30.3 Å². The average Bonchev–Trinajstić information content (AvgIpc) is 2.74. The number of alkyl halides is 3. The van der Waals surface area contributed by atoms with E-state index in [1.807, 2.05) is 0 Å². The third-order valence-corrected chi connectivity index (χ3v) is 2.94. The lowest BCUT2D eigenvalue weighted by molar-refractivity contribution is -0.137. The van der Waals surface area contributed by atoms with Gasteiger partial charge >= 0.3 is 6.18 Å². The maximum absolute atomic E-state index is 12.6. The van der Waals surface area contributed by atoms with E-state index in [4.69, 9.17) is 0 Å². The van der Waals surface area contributed by atoms with Crippen molar-refractivity contribution in [3.05, 3.63) is 52.8 Å². The van der Waals surface area contributed by atoms with Gasteiger partial charge in [-0.25, -0.2) is 0 Å². The molecule has 1 heterocycles. The smallest absolute Gasteiger partial charge is 0.347 e. The van der Waals surface area contributed by atoms with Crippen molar-refractivity contribution >= 4 is 5.91 Å². The van der Waals surface area contributed by atoms with Crippen LogP contribution >= 0.6 is 0 Å². The normalized spacial score (nSPS) is 11.5. The van der Waals surface area contributed by atoms with E-state index >= 15 is 0 Å². The minimum Gasteiger partial charge on any atom is -0.347 e. The Bertz CT molecular complexity index is 662. The number of hydrogen-bond donors (Lipinski definition) is 1. The van der Waals surface area contributed by atoms with E-state index in [1.54, 1.807) is 20.0 Å². The molecule has 7 heteroatoms. The molecule has 0 radical (unpaired) electrons. The number of nitrogens with zero attached hydrogens (tertiary/aromatic N) is 2. The maximum atomic E-state index is 12.6. The lowest BCUT2D eigenvalue weighted by Crippen LogP contribution is -2.25. The molecular weight excluding hydrogens is 283 g/mol. The quantitative estimate of drug-likeness (QED) is 0.947. The fraction of sp³-hybridized carbons (Fsp3) is 0.286. The first-order valence-corrected chi connectivity index (χ1v) is 6.22. The lowest BCUT2D eigenvalue weighted by atomic mass is 10.1. The van der Waals surface area contributed by atoms with Crippen LogP contribution in [0.3, 0.4) is 0 Å². The predicted octanol–water partition coefficient (Wildman–Crippen LogP) is 2.68. The largest absolute Gasteiger partial charge is 0.416 e. The van der Waals surface area contributed by atoms with Gasteiger partial charge in [-0.15, -0.1) is 0 Å². The van der Waals surface area contributed by atoms with Gasteiger partial charge in [0.15, 0.2) is 0 Å². The van der Waals surface area contributed by atoms with Crippen LogP contribution in [0.2, 0.25) is 0 Å². The second-order valence-electron chi connectivity index (χ2n) is 4.68. The number of carbonyl (C=O) groups is 1. The van der Waals surface area contributed by atoms with Gasteiger partial charge < -0.3 is 5.32 Å². The average molecular weight is 297 g/mol. The molecular formula is C14H14F3N3O. The summed E-state index contributed by atoms with van der Waals surface area (Å²) in [5.41, 5.74) is 0.712. The fourth-order valence-corrected chi connectivity index (χ4v) is 1.95. The van der Waals surface area contributed by atoms with Crippen LogP contribution < -0.4 is 5.32 Å². The van der Waals surface area contributed by atoms with Gasteiger partial charge in [0.2, 0.25) is 0 Å². The maximum Gasteiger partial charge on any atom is 0.416 e. The van der Waals surface area contributed by atoms with E-state index in [1.165, 1.54) is 16.8 Å². The molecule has 0 atom stereocenters. The van der Waals surface area contributed by atoms with Crippen LogP contribution in [0.4, 0.5) is 13.2 Å². The molecule has 0 unspecified atom stereocenters. The van der Waals surface area contributed by atoms with Crippen molar-refractivity contribution in [1.29, 1.82) is 0 Å². The Morgan fingerprint density at radius 2 is 2.05 bits per heavy atom. The van der Waals surface area contributed by atoms with Gasteiger partial charge in [-0.05, 0) is 30.7 Å². The predicted molar refractivity (Wildman–Crippen MR) is 70.6 cm³/mol. The molecule has 1 aromatic heterocycles. The van der Waals surface area contributed by atoms with Crippen LogP contribution in [0, 0.1) is 6.92 Å². The molecule has 4 nitrogen and oxygen atoms in total. The first-order chi connectivity index (χ1) is 9.77. The van der Waals surface area contributed by atoms with E-state index in [0.717, 1.165) is 12.1 Å². The van der Waals surface area contributed by atoms with Gasteiger partial charge in [-0.3, -0.25) is 9.48 Å². The molecule has 2 rings (SSSR count). The Balaban J connectivity index is 2.07. The van der Waals surface area contributed by atoms with Gasteiger partial charge in [-0.2, -0.15) is 18.3 Å². The van der Waals surface area contributed by atoms with Gasteiger partial charge in [-0.1, -0.05) is 12.1 Å². The lowest BCUT2D eigenvalue weighted by Gasteiger charge is -2.09. The Hall–Kier alpha value is -2.31. The molecule has 0 spiro atoms. The summed E-state index contributed by atoms with van der Waals surface area (Å²) >= 11 is 0. The molecule has 0 aliphatic carbocycles. The highest BCUT2D eigenvalue weighted by Gasteiger charge is 2.30. The van der Waals surface area contributed by atoms with Gasteiger partial charge in [0.1, 0.15) is 5.69 Å². The van der Waals surface area contributed by atoms with E-state index < -0.39 is 11.7 Å². The van der Waals surface area contributed by atoms with Crippen molar-refractivity contribution in [2.24, 2.45) is 7.05 Å². The van der Waals surface area contributed by atoms with Crippen LogP contribution in [-0.2, 0) is 19.8 Å². The van der Waals surface area contributed by atoms with E-state index in [9.17, 15) is 18.0 Å². The summed E-state index contributed by atoms with van der Waals surface area (Å²) in [7, 11) is 1.63. The number of aryl methyl sites for hydroxylation is 2. The Kier molecular flexibility index (Phi) is 4.02. The number of halogens is 3. The van der Waals surface area contributed by atoms with E-state index in [2.05, 4.69) is 10.4 Å². The molecule has 2 aromatic rings. The SMILES string of the molecule is Cc1cc(C(=O)NCc2cccc(C(F)(F)F)c2)n(C)n1. The second-order valence-corrected chi connectivity index (χ2v) is 4.68. The van der Waals surface area contributed by atoms with E-state index in [0.29, 0.717) is 17.0 Å². The van der Waals surface area contributed by atoms with Crippen molar-refractivity contribution in [1.82, 2.24) is 15.1 Å². The highest BCUT2D eigenvalue weighted by molar-refractivity contribution is 5.92. The molecule has 0 aliphatic heterocycles. The standard InChI is InChI=1S/C14H14F3N3O/c1-9-6-12(20(2)19-9)13(21)18-8-10-4-3-5-11(7-10)14(15,16)17/h3-7H,8H2,1-2H3,(H,18,21). The summed E-state index contributed by atoms with van der Waals surface area (Å²) in [5.74, 6) is -0.379. The topological polar surface area (TPSA) is 46.9 Å². The summed E-state index contributed by atoms with van der Waals surface area (Å²) in [4.78, 5) is 11.9. The van der Waals surface area contributed by atoms with Crippen LogP contribution in [0.25, 0.3) is 0 Å². The zero-order valence-corrected chi connectivity index (χ0v) is 11.5. The highest BCUT2D eigenvalue weighted by Crippen LogP contribution is 2.29. The number of carbonyl (C=O) groups excluding carboxylic acids is 1. The van der Waals surface area contributed by atoms with Crippen LogP contribution in [0.1, 0.15) is 27.3 Å². The molecule has 1 amide bonds. The zero-order chi connectivity index (χ0) is 15.6. The highest BCUT2D eigenvalue weighted by atomic mass is 19.4. The first-order valence-electron chi connectivity index (χ1n) is 6.22. The van der Waals surface area contributed by atoms with Crippen molar-refractivity contribution in [3.8, 4) is 0 Å². The summed E-state index contributed by atoms with van der Waals surface area (Å²) in [6.45, 7) is 1.77. The third kappa shape index (κ3) is 3.62. The van der Waals surface area contributed by atoms with Gasteiger partial charge in [0.25, 0.3) is 5.91 Å². The van der Waals surface area contributed by atoms with Crippen molar-refractivity contribution in [3.63, 3.8) is 0 Å². The zero-order valence-electron chi connectivity index (χ0n) is 11.5. The molecule has 1 aromatic carbocycles. The summed E-state index contributed by atoms with van der Waals surface area (Å²) in [5, 5.41) is 6.62. The Morgan fingerprint density at radius 1 is 1.33 bits per heavy atom. The second kappa shape index (κ2) is 5.59. The molecule has 0 bridgehead atoms. The number of benzene rings is 1. The third-order valence-electron chi connectivity index (χ3n) is 2.94. The molecule has 0 saturated heterocycles. The van der Waals surface area contributed by atoms with Crippen molar-refractivity contribution in [2.75, 3.05) is 0 Å². The summed E-state index contributed by atoms with van der Waals surface area (Å²) in [6, 6.07) is 6.48.